The van der Waals surface area contributed by atoms with Gasteiger partial charge in [-0.15, -0.1) is 0 Å². The van der Waals surface area contributed by atoms with Gasteiger partial charge in [0.2, 0.25) is 5.91 Å². The lowest BCUT2D eigenvalue weighted by Crippen LogP contribution is -2.28. The zero-order chi connectivity index (χ0) is 10.6. The van der Waals surface area contributed by atoms with Crippen molar-refractivity contribution < 1.29 is 9.90 Å². The van der Waals surface area contributed by atoms with Crippen LogP contribution in [0.1, 0.15) is 18.6 Å². The van der Waals surface area contributed by atoms with Crippen molar-refractivity contribution in [1.29, 1.82) is 0 Å². The minimum Gasteiger partial charge on any atom is -0.387 e. The summed E-state index contributed by atoms with van der Waals surface area (Å²) in [5, 5.41) is 9.75. The molecular weight excluding hydrogens is 178 g/mol. The standard InChI is InChI=1S/C11H15NO2/c1-9(13)12(2)8-11(14)10-6-4-3-5-7-10/h3-7,11,14H,8H2,1-2H3/t11-/m1/s1. The van der Waals surface area contributed by atoms with Crippen molar-refractivity contribution in [1.82, 2.24) is 4.90 Å². The van der Waals surface area contributed by atoms with E-state index in [1.54, 1.807) is 7.05 Å². The van der Waals surface area contributed by atoms with Gasteiger partial charge < -0.3 is 10.0 Å². The predicted molar refractivity (Wildman–Crippen MR) is 54.7 cm³/mol. The van der Waals surface area contributed by atoms with E-state index in [4.69, 9.17) is 0 Å². The highest BCUT2D eigenvalue weighted by molar-refractivity contribution is 5.72. The van der Waals surface area contributed by atoms with Gasteiger partial charge in [-0.2, -0.15) is 0 Å². The number of hydrogen-bond donors (Lipinski definition) is 1. The Balaban J connectivity index is 2.59. The van der Waals surface area contributed by atoms with Crippen LogP contribution >= 0.6 is 0 Å². The maximum atomic E-state index is 10.9. The molecule has 0 heterocycles. The number of aliphatic hydroxyl groups excluding tert-OH is 1. The molecule has 0 radical (unpaired) electrons. The first-order valence-corrected chi connectivity index (χ1v) is 4.56. The normalized spacial score (nSPS) is 12.2. The lowest BCUT2D eigenvalue weighted by molar-refractivity contribution is -0.128. The molecule has 0 spiro atoms. The Morgan fingerprint density at radius 2 is 2.00 bits per heavy atom. The Bertz CT molecular complexity index is 297. The molecule has 0 saturated carbocycles. The van der Waals surface area contributed by atoms with E-state index in [0.717, 1.165) is 5.56 Å². The first-order chi connectivity index (χ1) is 6.61. The highest BCUT2D eigenvalue weighted by atomic mass is 16.3. The van der Waals surface area contributed by atoms with Crippen LogP contribution in [0.4, 0.5) is 0 Å². The number of benzene rings is 1. The summed E-state index contributed by atoms with van der Waals surface area (Å²) >= 11 is 0. The lowest BCUT2D eigenvalue weighted by Gasteiger charge is -2.19. The molecule has 1 aromatic rings. The van der Waals surface area contributed by atoms with Crippen LogP contribution in [-0.2, 0) is 4.79 Å². The molecule has 3 nitrogen and oxygen atoms in total. The minimum absolute atomic E-state index is 0.0417. The van der Waals surface area contributed by atoms with Crippen LogP contribution in [0.3, 0.4) is 0 Å². The molecule has 3 heteroatoms. The Labute approximate surface area is 84.0 Å². The van der Waals surface area contributed by atoms with E-state index in [-0.39, 0.29) is 5.91 Å². The van der Waals surface area contributed by atoms with Crippen molar-refractivity contribution in [2.45, 2.75) is 13.0 Å². The van der Waals surface area contributed by atoms with Crippen molar-refractivity contribution in [2.24, 2.45) is 0 Å². The Morgan fingerprint density at radius 1 is 1.43 bits per heavy atom. The molecule has 14 heavy (non-hydrogen) atoms. The topological polar surface area (TPSA) is 40.5 Å². The van der Waals surface area contributed by atoms with Crippen LogP contribution in [0.25, 0.3) is 0 Å². The van der Waals surface area contributed by atoms with Crippen molar-refractivity contribution in [3.63, 3.8) is 0 Å². The van der Waals surface area contributed by atoms with Crippen molar-refractivity contribution in [3.8, 4) is 0 Å². The molecule has 0 aromatic heterocycles. The summed E-state index contributed by atoms with van der Waals surface area (Å²) in [7, 11) is 1.68. The Hall–Kier alpha value is -1.35. The average Bonchev–Trinajstić information content (AvgIpc) is 2.19. The SMILES string of the molecule is CC(=O)N(C)C[C@@H](O)c1ccccc1. The van der Waals surface area contributed by atoms with Gasteiger partial charge in [-0.3, -0.25) is 4.79 Å². The first-order valence-electron chi connectivity index (χ1n) is 4.56. The fourth-order valence-corrected chi connectivity index (χ4v) is 1.17. The molecule has 0 aliphatic heterocycles. The fourth-order valence-electron chi connectivity index (χ4n) is 1.17. The summed E-state index contributed by atoms with van der Waals surface area (Å²) in [6.45, 7) is 1.82. The molecule has 0 bridgehead atoms. The second-order valence-corrected chi connectivity index (χ2v) is 3.33. The number of aliphatic hydroxyl groups is 1. The van der Waals surface area contributed by atoms with Gasteiger partial charge in [-0.05, 0) is 5.56 Å². The monoisotopic (exact) mass is 193 g/mol. The van der Waals surface area contributed by atoms with Gasteiger partial charge >= 0.3 is 0 Å². The molecule has 1 atom stereocenters. The maximum absolute atomic E-state index is 10.9. The van der Waals surface area contributed by atoms with Gasteiger partial charge in [0.05, 0.1) is 12.6 Å². The highest BCUT2D eigenvalue weighted by Crippen LogP contribution is 2.12. The van der Waals surface area contributed by atoms with E-state index in [0.29, 0.717) is 6.54 Å². The summed E-state index contributed by atoms with van der Waals surface area (Å²) in [5.74, 6) is -0.0417. The van der Waals surface area contributed by atoms with Crippen molar-refractivity contribution >= 4 is 5.91 Å². The minimum atomic E-state index is -0.606. The summed E-state index contributed by atoms with van der Waals surface area (Å²) in [5.41, 5.74) is 0.834. The first kappa shape index (κ1) is 10.7. The predicted octanol–water partition coefficient (Wildman–Crippen LogP) is 1.20. The van der Waals surface area contributed by atoms with Crippen LogP contribution < -0.4 is 0 Å². The number of nitrogens with zero attached hydrogens (tertiary/aromatic N) is 1. The summed E-state index contributed by atoms with van der Waals surface area (Å²) < 4.78 is 0. The zero-order valence-electron chi connectivity index (χ0n) is 8.47. The molecule has 0 aliphatic rings. The smallest absolute Gasteiger partial charge is 0.219 e. The molecule has 0 saturated heterocycles. The summed E-state index contributed by atoms with van der Waals surface area (Å²) in [4.78, 5) is 12.4. The van der Waals surface area contributed by atoms with E-state index in [2.05, 4.69) is 0 Å². The third-order valence-electron chi connectivity index (χ3n) is 2.17. The molecule has 1 rings (SSSR count). The number of rotatable bonds is 3. The van der Waals surface area contributed by atoms with Crippen LogP contribution in [0, 0.1) is 0 Å². The molecule has 0 aliphatic carbocycles. The second-order valence-electron chi connectivity index (χ2n) is 3.33. The Kier molecular flexibility index (Phi) is 3.65. The highest BCUT2D eigenvalue weighted by Gasteiger charge is 2.11. The van der Waals surface area contributed by atoms with Gasteiger partial charge in [0.15, 0.2) is 0 Å². The molecule has 1 amide bonds. The van der Waals surface area contributed by atoms with Gasteiger partial charge in [0.1, 0.15) is 0 Å². The lowest BCUT2D eigenvalue weighted by atomic mass is 10.1. The van der Waals surface area contributed by atoms with Gasteiger partial charge in [-0.1, -0.05) is 30.3 Å². The van der Waals surface area contributed by atoms with Crippen LogP contribution in [0.15, 0.2) is 30.3 Å². The second kappa shape index (κ2) is 4.77. The summed E-state index contributed by atoms with van der Waals surface area (Å²) in [6.07, 6.45) is -0.606. The van der Waals surface area contributed by atoms with Gasteiger partial charge in [-0.25, -0.2) is 0 Å². The van der Waals surface area contributed by atoms with Crippen molar-refractivity contribution in [2.75, 3.05) is 13.6 Å². The number of amides is 1. The number of carbonyl (C=O) groups excluding carboxylic acids is 1. The molecular formula is C11H15NO2. The van der Waals surface area contributed by atoms with E-state index in [9.17, 15) is 9.90 Å². The third kappa shape index (κ3) is 2.85. The maximum Gasteiger partial charge on any atom is 0.219 e. The van der Waals surface area contributed by atoms with Crippen LogP contribution in [0.2, 0.25) is 0 Å². The number of carbonyl (C=O) groups is 1. The molecule has 1 N–H and O–H groups in total. The van der Waals surface area contributed by atoms with E-state index in [1.807, 2.05) is 30.3 Å². The van der Waals surface area contributed by atoms with Gasteiger partial charge in [0.25, 0.3) is 0 Å². The van der Waals surface area contributed by atoms with E-state index < -0.39 is 6.10 Å². The zero-order valence-corrected chi connectivity index (χ0v) is 8.47. The third-order valence-corrected chi connectivity index (χ3v) is 2.17. The Morgan fingerprint density at radius 3 is 2.50 bits per heavy atom. The molecule has 0 fully saturated rings. The fraction of sp³-hybridized carbons (Fsp3) is 0.364. The molecule has 76 valence electrons. The quantitative estimate of drug-likeness (QED) is 0.783. The van der Waals surface area contributed by atoms with Crippen LogP contribution in [0.5, 0.6) is 0 Å². The van der Waals surface area contributed by atoms with Gasteiger partial charge in [0, 0.05) is 14.0 Å². The van der Waals surface area contributed by atoms with E-state index >= 15 is 0 Å². The van der Waals surface area contributed by atoms with E-state index in [1.165, 1.54) is 11.8 Å². The number of hydrogen-bond acceptors (Lipinski definition) is 2. The average molecular weight is 193 g/mol. The molecule has 0 unspecified atom stereocenters. The summed E-state index contributed by atoms with van der Waals surface area (Å²) in [6, 6.07) is 9.32. The van der Waals surface area contributed by atoms with Crippen molar-refractivity contribution in [3.05, 3.63) is 35.9 Å². The molecule has 1 aromatic carbocycles. The van der Waals surface area contributed by atoms with Crippen LogP contribution in [-0.4, -0.2) is 29.5 Å². The number of likely N-dealkylation sites (N-methyl/N-ethyl adjacent to an activating group) is 1. The largest absolute Gasteiger partial charge is 0.387 e.